The molecule has 1 unspecified atom stereocenters. The highest BCUT2D eigenvalue weighted by Crippen LogP contribution is 2.25. The van der Waals surface area contributed by atoms with Crippen molar-refractivity contribution in [2.24, 2.45) is 0 Å². The highest BCUT2D eigenvalue weighted by molar-refractivity contribution is 7.91. The molecule has 0 bridgehead atoms. The van der Waals surface area contributed by atoms with Crippen LogP contribution in [0.2, 0.25) is 0 Å². The molecule has 144 valence electrons. The van der Waals surface area contributed by atoms with Crippen LogP contribution in [-0.2, 0) is 14.6 Å². The van der Waals surface area contributed by atoms with E-state index in [-0.39, 0.29) is 30.1 Å². The van der Waals surface area contributed by atoms with Gasteiger partial charge in [0.05, 0.1) is 11.5 Å². The summed E-state index contributed by atoms with van der Waals surface area (Å²) in [6.45, 7) is 3.87. The number of sulfone groups is 1. The molecule has 1 atom stereocenters. The molecule has 0 aliphatic carbocycles. The van der Waals surface area contributed by atoms with Gasteiger partial charge in [-0.2, -0.15) is 0 Å². The Kier molecular flexibility index (Phi) is 5.70. The Balaban J connectivity index is 1.49. The van der Waals surface area contributed by atoms with E-state index in [1.54, 1.807) is 24.3 Å². The van der Waals surface area contributed by atoms with Crippen molar-refractivity contribution < 1.29 is 22.7 Å². The molecule has 2 aromatic rings. The minimum atomic E-state index is -3.01. The summed E-state index contributed by atoms with van der Waals surface area (Å²) in [5, 5.41) is 2.69. The molecule has 3 rings (SSSR count). The first-order chi connectivity index (χ1) is 12.8. The summed E-state index contributed by atoms with van der Waals surface area (Å²) in [7, 11) is -3.01. The van der Waals surface area contributed by atoms with E-state index >= 15 is 0 Å². The number of hydrogen-bond acceptors (Lipinski definition) is 5. The maximum absolute atomic E-state index is 11.9. The van der Waals surface area contributed by atoms with Crippen LogP contribution in [0.25, 0.3) is 0 Å². The number of rotatable bonds is 6. The Morgan fingerprint density at radius 2 is 1.67 bits per heavy atom. The number of carbonyl (C=O) groups is 1. The van der Waals surface area contributed by atoms with Crippen molar-refractivity contribution in [1.29, 1.82) is 0 Å². The van der Waals surface area contributed by atoms with Crippen molar-refractivity contribution in [1.82, 2.24) is 5.32 Å². The van der Waals surface area contributed by atoms with Crippen molar-refractivity contribution >= 4 is 15.7 Å². The van der Waals surface area contributed by atoms with Crippen LogP contribution in [0, 0.1) is 13.8 Å². The van der Waals surface area contributed by atoms with E-state index in [2.05, 4.69) is 11.4 Å². The summed E-state index contributed by atoms with van der Waals surface area (Å²) >= 11 is 0. The summed E-state index contributed by atoms with van der Waals surface area (Å²) < 4.78 is 34.1. The summed E-state index contributed by atoms with van der Waals surface area (Å²) in [6.07, 6.45) is 0.457. The maximum Gasteiger partial charge on any atom is 0.258 e. The van der Waals surface area contributed by atoms with Crippen molar-refractivity contribution in [3.05, 3.63) is 53.6 Å². The Hall–Kier alpha value is -2.54. The second-order valence-corrected chi connectivity index (χ2v) is 9.08. The third-order valence-electron chi connectivity index (χ3n) is 4.22. The molecule has 0 spiro atoms. The van der Waals surface area contributed by atoms with Gasteiger partial charge >= 0.3 is 0 Å². The van der Waals surface area contributed by atoms with Gasteiger partial charge in [0, 0.05) is 6.04 Å². The van der Waals surface area contributed by atoms with Crippen molar-refractivity contribution in [2.75, 3.05) is 18.1 Å². The van der Waals surface area contributed by atoms with E-state index in [9.17, 15) is 13.2 Å². The fourth-order valence-corrected chi connectivity index (χ4v) is 4.73. The average Bonchev–Trinajstić information content (AvgIpc) is 2.92. The molecule has 1 aliphatic heterocycles. The molecular formula is C20H23NO5S. The molecule has 27 heavy (non-hydrogen) atoms. The van der Waals surface area contributed by atoms with Crippen LogP contribution in [0.3, 0.4) is 0 Å². The summed E-state index contributed by atoms with van der Waals surface area (Å²) in [6, 6.07) is 12.7. The van der Waals surface area contributed by atoms with Crippen LogP contribution in [0.15, 0.2) is 42.5 Å². The van der Waals surface area contributed by atoms with Gasteiger partial charge in [-0.1, -0.05) is 6.07 Å². The van der Waals surface area contributed by atoms with Gasteiger partial charge < -0.3 is 14.8 Å². The molecule has 1 aliphatic rings. The highest BCUT2D eigenvalue weighted by Gasteiger charge is 2.28. The number of ether oxygens (including phenoxy) is 2. The van der Waals surface area contributed by atoms with Gasteiger partial charge in [-0.15, -0.1) is 0 Å². The second-order valence-electron chi connectivity index (χ2n) is 6.85. The minimum Gasteiger partial charge on any atom is -0.484 e. The third-order valence-corrected chi connectivity index (χ3v) is 5.99. The first-order valence-electron chi connectivity index (χ1n) is 8.78. The molecule has 1 amide bonds. The topological polar surface area (TPSA) is 81.7 Å². The van der Waals surface area contributed by atoms with Gasteiger partial charge in [0.1, 0.15) is 17.2 Å². The van der Waals surface area contributed by atoms with Crippen molar-refractivity contribution in [2.45, 2.75) is 26.3 Å². The lowest BCUT2D eigenvalue weighted by atomic mass is 10.1. The lowest BCUT2D eigenvalue weighted by Gasteiger charge is -2.12. The Morgan fingerprint density at radius 3 is 2.26 bits per heavy atom. The fourth-order valence-electron chi connectivity index (χ4n) is 3.06. The zero-order valence-electron chi connectivity index (χ0n) is 15.4. The van der Waals surface area contributed by atoms with E-state index in [0.29, 0.717) is 17.9 Å². The van der Waals surface area contributed by atoms with Crippen LogP contribution >= 0.6 is 0 Å². The lowest BCUT2D eigenvalue weighted by Crippen LogP contribution is -2.38. The molecule has 7 heteroatoms. The zero-order chi connectivity index (χ0) is 19.4. The lowest BCUT2D eigenvalue weighted by molar-refractivity contribution is -0.123. The second kappa shape index (κ2) is 8.00. The molecule has 6 nitrogen and oxygen atoms in total. The molecular weight excluding hydrogens is 366 g/mol. The highest BCUT2D eigenvalue weighted by atomic mass is 32.2. The van der Waals surface area contributed by atoms with E-state index in [1.807, 2.05) is 26.0 Å². The number of nitrogens with one attached hydrogen (secondary N) is 1. The van der Waals surface area contributed by atoms with Gasteiger partial charge in [-0.3, -0.25) is 4.79 Å². The van der Waals surface area contributed by atoms with E-state index in [0.717, 1.165) is 16.9 Å². The van der Waals surface area contributed by atoms with Crippen LogP contribution in [-0.4, -0.2) is 38.5 Å². The van der Waals surface area contributed by atoms with Crippen molar-refractivity contribution in [3.8, 4) is 17.2 Å². The third kappa shape index (κ3) is 5.72. The predicted molar refractivity (Wildman–Crippen MR) is 103 cm³/mol. The van der Waals surface area contributed by atoms with Gasteiger partial charge in [0.15, 0.2) is 16.4 Å². The van der Waals surface area contributed by atoms with E-state index < -0.39 is 9.84 Å². The Labute approximate surface area is 159 Å². The Morgan fingerprint density at radius 1 is 1.04 bits per heavy atom. The monoisotopic (exact) mass is 389 g/mol. The fraction of sp³-hybridized carbons (Fsp3) is 0.350. The van der Waals surface area contributed by atoms with Crippen LogP contribution in [0.5, 0.6) is 17.2 Å². The van der Waals surface area contributed by atoms with Crippen LogP contribution in [0.1, 0.15) is 17.5 Å². The molecule has 1 heterocycles. The molecule has 0 saturated carbocycles. The number of carbonyl (C=O) groups excluding carboxylic acids is 1. The summed E-state index contributed by atoms with van der Waals surface area (Å²) in [4.78, 5) is 11.9. The molecule has 1 saturated heterocycles. The van der Waals surface area contributed by atoms with E-state index in [1.165, 1.54) is 0 Å². The quantitative estimate of drug-likeness (QED) is 0.822. The molecule has 1 N–H and O–H groups in total. The van der Waals surface area contributed by atoms with Gasteiger partial charge in [0.2, 0.25) is 0 Å². The normalized spacial score (nSPS) is 18.1. The molecule has 1 fully saturated rings. The first-order valence-corrected chi connectivity index (χ1v) is 10.6. The number of benzene rings is 2. The SMILES string of the molecule is Cc1cc(C)cc(Oc2ccc(OCC(=O)NC3CCS(=O)(=O)C3)cc2)c1. The summed E-state index contributed by atoms with van der Waals surface area (Å²) in [5.41, 5.74) is 2.26. The van der Waals surface area contributed by atoms with Gasteiger partial charge in [-0.25, -0.2) is 8.42 Å². The zero-order valence-corrected chi connectivity index (χ0v) is 16.2. The van der Waals surface area contributed by atoms with Gasteiger partial charge in [0.25, 0.3) is 5.91 Å². The molecule has 2 aromatic carbocycles. The smallest absolute Gasteiger partial charge is 0.258 e. The minimum absolute atomic E-state index is 0.00318. The van der Waals surface area contributed by atoms with Crippen LogP contribution in [0.4, 0.5) is 0 Å². The van der Waals surface area contributed by atoms with Gasteiger partial charge in [-0.05, 0) is 67.8 Å². The summed E-state index contributed by atoms with van der Waals surface area (Å²) in [5.74, 6) is 1.79. The first kappa shape index (κ1) is 19.2. The number of hydrogen-bond donors (Lipinski definition) is 1. The average molecular weight is 389 g/mol. The largest absolute Gasteiger partial charge is 0.484 e. The standard InChI is InChI=1S/C20H23NO5S/c1-14-9-15(2)11-19(10-14)26-18-5-3-17(4-6-18)25-12-20(22)21-16-7-8-27(23,24)13-16/h3-6,9-11,16H,7-8,12-13H2,1-2H3,(H,21,22). The maximum atomic E-state index is 11.9. The number of amides is 1. The predicted octanol–water partition coefficient (Wildman–Crippen LogP) is 2.78. The number of aryl methyl sites for hydroxylation is 2. The van der Waals surface area contributed by atoms with Crippen molar-refractivity contribution in [3.63, 3.8) is 0 Å². The molecule has 0 aromatic heterocycles. The Bertz CT molecular complexity index is 902. The van der Waals surface area contributed by atoms with Crippen LogP contribution < -0.4 is 14.8 Å². The molecule has 0 radical (unpaired) electrons. The van der Waals surface area contributed by atoms with E-state index in [4.69, 9.17) is 9.47 Å².